The fourth-order valence-corrected chi connectivity index (χ4v) is 2.90. The Balaban J connectivity index is 2.32. The van der Waals surface area contributed by atoms with Gasteiger partial charge in [-0.05, 0) is 19.1 Å². The van der Waals surface area contributed by atoms with Crippen molar-refractivity contribution in [3.05, 3.63) is 38.6 Å². The highest BCUT2D eigenvalue weighted by atomic mass is 35.5. The van der Waals surface area contributed by atoms with E-state index in [0.717, 1.165) is 5.56 Å². The zero-order valence-corrected chi connectivity index (χ0v) is 12.3. The van der Waals surface area contributed by atoms with Crippen LogP contribution in [0.4, 0.5) is 0 Å². The molecule has 3 rings (SSSR count). The topological polar surface area (TPSA) is 67.9 Å². The van der Waals surface area contributed by atoms with E-state index in [1.807, 2.05) is 6.92 Å². The summed E-state index contributed by atoms with van der Waals surface area (Å²) in [6.07, 6.45) is 0. The number of benzene rings is 1. The van der Waals surface area contributed by atoms with Gasteiger partial charge in [0.05, 0.1) is 18.0 Å². The first-order valence-electron chi connectivity index (χ1n) is 5.79. The molecule has 0 aliphatic rings. The normalized spacial score (nSPS) is 10.9. The van der Waals surface area contributed by atoms with Gasteiger partial charge < -0.3 is 9.72 Å². The van der Waals surface area contributed by atoms with Gasteiger partial charge in [0.2, 0.25) is 0 Å². The summed E-state index contributed by atoms with van der Waals surface area (Å²) in [6, 6.07) is 3.46. The lowest BCUT2D eigenvalue weighted by atomic mass is 10.1. The molecular weight excluding hydrogens is 298 g/mol. The van der Waals surface area contributed by atoms with Crippen molar-refractivity contribution in [2.24, 2.45) is 0 Å². The molecule has 0 radical (unpaired) electrons. The van der Waals surface area contributed by atoms with Crippen LogP contribution in [0.2, 0.25) is 5.15 Å². The minimum atomic E-state index is -0.206. The van der Waals surface area contributed by atoms with Gasteiger partial charge in [0.25, 0.3) is 5.56 Å². The third-order valence-electron chi connectivity index (χ3n) is 2.98. The highest BCUT2D eigenvalue weighted by Crippen LogP contribution is 2.27. The summed E-state index contributed by atoms with van der Waals surface area (Å²) in [7, 11) is 1.59. The van der Waals surface area contributed by atoms with E-state index in [1.165, 1.54) is 11.3 Å². The summed E-state index contributed by atoms with van der Waals surface area (Å²) in [5, 5.41) is 3.18. The van der Waals surface area contributed by atoms with Crippen molar-refractivity contribution in [1.82, 2.24) is 15.0 Å². The molecule has 0 saturated heterocycles. The molecule has 0 spiro atoms. The second kappa shape index (κ2) is 4.88. The van der Waals surface area contributed by atoms with Crippen molar-refractivity contribution in [2.75, 3.05) is 7.11 Å². The van der Waals surface area contributed by atoms with E-state index in [1.54, 1.807) is 24.6 Å². The summed E-state index contributed by atoms with van der Waals surface area (Å²) >= 11 is 7.14. The third-order valence-corrected chi connectivity index (χ3v) is 4.15. The van der Waals surface area contributed by atoms with Gasteiger partial charge in [-0.25, -0.2) is 9.97 Å². The Hall–Kier alpha value is -1.92. The fourth-order valence-electron chi connectivity index (χ4n) is 2.01. The van der Waals surface area contributed by atoms with E-state index >= 15 is 0 Å². The standard InChI is InChI=1S/C13H10ClN3O2S/c1-6-8(19-2)4-3-7-10(6)16-11(17-12(7)18)13-15-9(14)5-20-13/h3-5H,1-2H3,(H,16,17,18). The quantitative estimate of drug-likeness (QED) is 0.790. The Bertz CT molecular complexity index is 856. The van der Waals surface area contributed by atoms with Crippen LogP contribution in [0.25, 0.3) is 21.7 Å². The Morgan fingerprint density at radius 2 is 2.15 bits per heavy atom. The molecule has 0 aliphatic heterocycles. The predicted octanol–water partition coefficient (Wildman–Crippen LogP) is 3.02. The largest absolute Gasteiger partial charge is 0.496 e. The molecule has 5 nitrogen and oxygen atoms in total. The molecule has 0 atom stereocenters. The third kappa shape index (κ3) is 2.07. The maximum absolute atomic E-state index is 12.1. The lowest BCUT2D eigenvalue weighted by Gasteiger charge is -2.07. The minimum absolute atomic E-state index is 0.206. The fraction of sp³-hybridized carbons (Fsp3) is 0.154. The van der Waals surface area contributed by atoms with E-state index < -0.39 is 0 Å². The number of aromatic nitrogens is 3. The summed E-state index contributed by atoms with van der Waals surface area (Å²) in [6.45, 7) is 1.87. The zero-order chi connectivity index (χ0) is 14.3. The number of rotatable bonds is 2. The van der Waals surface area contributed by atoms with Crippen molar-refractivity contribution in [2.45, 2.75) is 6.92 Å². The molecule has 0 bridgehead atoms. The number of nitrogens with one attached hydrogen (secondary N) is 1. The highest BCUT2D eigenvalue weighted by Gasteiger charge is 2.12. The van der Waals surface area contributed by atoms with Crippen LogP contribution in [0.15, 0.2) is 22.3 Å². The molecule has 3 aromatic rings. The Labute approximate surface area is 123 Å². The first kappa shape index (κ1) is 13.1. The van der Waals surface area contributed by atoms with Gasteiger partial charge in [0.1, 0.15) is 10.9 Å². The number of halogens is 1. The van der Waals surface area contributed by atoms with Gasteiger partial charge in [-0.15, -0.1) is 11.3 Å². The first-order valence-corrected chi connectivity index (χ1v) is 7.05. The number of H-pyrrole nitrogens is 1. The second-order valence-corrected chi connectivity index (χ2v) is 5.42. The van der Waals surface area contributed by atoms with Gasteiger partial charge in [-0.1, -0.05) is 11.6 Å². The minimum Gasteiger partial charge on any atom is -0.496 e. The van der Waals surface area contributed by atoms with Gasteiger partial charge in [-0.2, -0.15) is 0 Å². The maximum atomic E-state index is 12.1. The molecule has 1 aromatic carbocycles. The van der Waals surface area contributed by atoms with Crippen LogP contribution in [-0.4, -0.2) is 22.1 Å². The number of fused-ring (bicyclic) bond motifs is 1. The van der Waals surface area contributed by atoms with Gasteiger partial charge >= 0.3 is 0 Å². The summed E-state index contributed by atoms with van der Waals surface area (Å²) in [5.74, 6) is 1.11. The first-order chi connectivity index (χ1) is 9.60. The molecule has 0 aliphatic carbocycles. The summed E-state index contributed by atoms with van der Waals surface area (Å²) in [4.78, 5) is 23.5. The lowest BCUT2D eigenvalue weighted by Crippen LogP contribution is -2.10. The number of hydrogen-bond acceptors (Lipinski definition) is 5. The molecule has 0 saturated carbocycles. The van der Waals surface area contributed by atoms with Crippen LogP contribution in [0.1, 0.15) is 5.56 Å². The Morgan fingerprint density at radius 1 is 1.35 bits per heavy atom. The number of nitrogens with zero attached hydrogens (tertiary/aromatic N) is 2. The van der Waals surface area contributed by atoms with Gasteiger partial charge in [0, 0.05) is 10.9 Å². The zero-order valence-electron chi connectivity index (χ0n) is 10.7. The van der Waals surface area contributed by atoms with Crippen LogP contribution in [0.3, 0.4) is 0 Å². The number of aryl methyl sites for hydroxylation is 1. The molecule has 0 amide bonds. The predicted molar refractivity (Wildman–Crippen MR) is 79.8 cm³/mol. The molecule has 1 N–H and O–H groups in total. The van der Waals surface area contributed by atoms with Crippen molar-refractivity contribution < 1.29 is 4.74 Å². The number of methoxy groups -OCH3 is 1. The molecule has 102 valence electrons. The van der Waals surface area contributed by atoms with Crippen LogP contribution >= 0.6 is 22.9 Å². The molecule has 2 heterocycles. The Morgan fingerprint density at radius 3 is 2.80 bits per heavy atom. The van der Waals surface area contributed by atoms with Crippen LogP contribution < -0.4 is 10.3 Å². The molecule has 0 unspecified atom stereocenters. The number of hydrogen-bond donors (Lipinski definition) is 1. The van der Waals surface area contributed by atoms with E-state index in [4.69, 9.17) is 16.3 Å². The van der Waals surface area contributed by atoms with E-state index in [2.05, 4.69) is 15.0 Å². The number of thiazole rings is 1. The van der Waals surface area contributed by atoms with Gasteiger partial charge in [0.15, 0.2) is 10.8 Å². The summed E-state index contributed by atoms with van der Waals surface area (Å²) < 4.78 is 5.26. The highest BCUT2D eigenvalue weighted by molar-refractivity contribution is 7.13. The van der Waals surface area contributed by atoms with Crippen molar-refractivity contribution in [3.8, 4) is 16.6 Å². The average Bonchev–Trinajstić information content (AvgIpc) is 2.86. The number of aromatic amines is 1. The SMILES string of the molecule is COc1ccc2c(=O)[nH]c(-c3nc(Cl)cs3)nc2c1C. The Kier molecular flexibility index (Phi) is 3.19. The molecular formula is C13H10ClN3O2S. The second-order valence-electron chi connectivity index (χ2n) is 4.18. The molecule has 7 heteroatoms. The van der Waals surface area contributed by atoms with Crippen LogP contribution in [0.5, 0.6) is 5.75 Å². The van der Waals surface area contributed by atoms with Crippen LogP contribution in [0, 0.1) is 6.92 Å². The number of ether oxygens (including phenoxy) is 1. The van der Waals surface area contributed by atoms with Crippen molar-refractivity contribution in [3.63, 3.8) is 0 Å². The molecule has 2 aromatic heterocycles. The average molecular weight is 308 g/mol. The van der Waals surface area contributed by atoms with Gasteiger partial charge in [-0.3, -0.25) is 4.79 Å². The lowest BCUT2D eigenvalue weighted by molar-refractivity contribution is 0.412. The van der Waals surface area contributed by atoms with Crippen molar-refractivity contribution >= 4 is 33.8 Å². The van der Waals surface area contributed by atoms with E-state index in [0.29, 0.717) is 32.6 Å². The monoisotopic (exact) mass is 307 g/mol. The maximum Gasteiger partial charge on any atom is 0.259 e. The summed E-state index contributed by atoms with van der Waals surface area (Å²) in [5.41, 5.74) is 1.22. The van der Waals surface area contributed by atoms with E-state index in [-0.39, 0.29) is 5.56 Å². The van der Waals surface area contributed by atoms with Crippen LogP contribution in [-0.2, 0) is 0 Å². The smallest absolute Gasteiger partial charge is 0.259 e. The molecule has 0 fully saturated rings. The molecule has 20 heavy (non-hydrogen) atoms. The van der Waals surface area contributed by atoms with Crippen molar-refractivity contribution in [1.29, 1.82) is 0 Å². The van der Waals surface area contributed by atoms with E-state index in [9.17, 15) is 4.79 Å².